The predicted molar refractivity (Wildman–Crippen MR) is 126 cm³/mol. The van der Waals surface area contributed by atoms with E-state index in [1.54, 1.807) is 0 Å². The quantitative estimate of drug-likeness (QED) is 0.223. The van der Waals surface area contributed by atoms with Crippen LogP contribution >= 0.6 is 35.3 Å². The number of hydrogen-bond donors (Lipinski definition) is 2. The number of hydrogen-bond acceptors (Lipinski definition) is 3. The molecule has 1 aromatic carbocycles. The van der Waals surface area contributed by atoms with Crippen LogP contribution in [0.4, 0.5) is 0 Å². The van der Waals surface area contributed by atoms with Crippen molar-refractivity contribution in [2.75, 3.05) is 13.6 Å². The van der Waals surface area contributed by atoms with Crippen LogP contribution in [-0.2, 0) is 13.0 Å². The van der Waals surface area contributed by atoms with Gasteiger partial charge in [-0.1, -0.05) is 12.1 Å². The molecule has 1 unspecified atom stereocenters. The lowest BCUT2D eigenvalue weighted by molar-refractivity contribution is 0.614. The summed E-state index contributed by atoms with van der Waals surface area (Å²) in [6, 6.07) is 13.0. The van der Waals surface area contributed by atoms with Gasteiger partial charge in [-0.2, -0.15) is 0 Å². The molecule has 2 N–H and O–H groups in total. The van der Waals surface area contributed by atoms with Crippen molar-refractivity contribution in [2.24, 2.45) is 4.99 Å². The fourth-order valence-electron chi connectivity index (χ4n) is 3.02. The van der Waals surface area contributed by atoms with E-state index in [0.29, 0.717) is 6.04 Å². The first-order valence-electron chi connectivity index (χ1n) is 9.08. The number of para-hydroxylation sites is 2. The van der Waals surface area contributed by atoms with Gasteiger partial charge in [0.2, 0.25) is 0 Å². The maximum Gasteiger partial charge on any atom is 0.191 e. The largest absolute Gasteiger partial charge is 0.356 e. The highest BCUT2D eigenvalue weighted by atomic mass is 127. The Bertz CT molecular complexity index is 870. The molecule has 0 saturated heterocycles. The van der Waals surface area contributed by atoms with Gasteiger partial charge in [0.05, 0.1) is 17.4 Å². The Kier molecular flexibility index (Phi) is 8.56. The summed E-state index contributed by atoms with van der Waals surface area (Å²) >= 11 is 1.86. The van der Waals surface area contributed by atoms with Gasteiger partial charge in [-0.15, -0.1) is 35.3 Å². The molecular formula is C20H28IN5S. The molecule has 27 heavy (non-hydrogen) atoms. The van der Waals surface area contributed by atoms with E-state index in [1.165, 1.54) is 15.3 Å². The van der Waals surface area contributed by atoms with Crippen molar-refractivity contribution >= 4 is 52.3 Å². The SMILES string of the molecule is CN=C(NCCCn1cnc2ccccc21)NC(C)Cc1ccc(C)s1.I. The Labute approximate surface area is 182 Å². The van der Waals surface area contributed by atoms with Gasteiger partial charge in [-0.05, 0) is 44.5 Å². The number of thiophene rings is 1. The molecule has 0 aliphatic heterocycles. The minimum absolute atomic E-state index is 0. The van der Waals surface area contributed by atoms with Crippen LogP contribution in [0.1, 0.15) is 23.1 Å². The number of aryl methyl sites for hydroxylation is 2. The van der Waals surface area contributed by atoms with E-state index in [0.717, 1.165) is 37.4 Å². The standard InChI is InChI=1S/C20H27N5S.HI/c1-15(13-17-10-9-16(2)26-17)24-20(21-3)22-11-6-12-25-14-23-18-7-4-5-8-19(18)25;/h4-5,7-10,14-15H,6,11-13H2,1-3H3,(H2,21,22,24);1H. The molecule has 0 amide bonds. The number of imidazole rings is 1. The second-order valence-electron chi connectivity index (χ2n) is 6.54. The molecule has 0 spiro atoms. The third-order valence-electron chi connectivity index (χ3n) is 4.31. The van der Waals surface area contributed by atoms with Gasteiger partial charge >= 0.3 is 0 Å². The van der Waals surface area contributed by atoms with Crippen LogP contribution < -0.4 is 10.6 Å². The van der Waals surface area contributed by atoms with Crippen molar-refractivity contribution in [3.63, 3.8) is 0 Å². The summed E-state index contributed by atoms with van der Waals surface area (Å²) in [4.78, 5) is 11.5. The summed E-state index contributed by atoms with van der Waals surface area (Å²) in [7, 11) is 1.82. The molecule has 0 radical (unpaired) electrons. The van der Waals surface area contributed by atoms with Crippen LogP contribution in [0.25, 0.3) is 11.0 Å². The van der Waals surface area contributed by atoms with Crippen LogP contribution in [-0.4, -0.2) is 35.1 Å². The average molecular weight is 497 g/mol. The second kappa shape index (κ2) is 10.7. The summed E-state index contributed by atoms with van der Waals surface area (Å²) in [5.41, 5.74) is 2.24. The van der Waals surface area contributed by atoms with Crippen LogP contribution in [0.2, 0.25) is 0 Å². The van der Waals surface area contributed by atoms with Crippen LogP contribution in [0.15, 0.2) is 47.7 Å². The maximum atomic E-state index is 4.44. The molecular weight excluding hydrogens is 469 g/mol. The van der Waals surface area contributed by atoms with Crippen molar-refractivity contribution in [3.05, 3.63) is 52.5 Å². The van der Waals surface area contributed by atoms with E-state index >= 15 is 0 Å². The predicted octanol–water partition coefficient (Wildman–Crippen LogP) is 4.21. The van der Waals surface area contributed by atoms with Crippen molar-refractivity contribution in [2.45, 2.75) is 39.3 Å². The molecule has 0 aliphatic rings. The fourth-order valence-corrected chi connectivity index (χ4v) is 4.04. The second-order valence-corrected chi connectivity index (χ2v) is 7.91. The molecule has 1 atom stereocenters. The van der Waals surface area contributed by atoms with Gasteiger partial charge < -0.3 is 15.2 Å². The highest BCUT2D eigenvalue weighted by Crippen LogP contribution is 2.16. The van der Waals surface area contributed by atoms with Gasteiger partial charge in [0, 0.05) is 42.4 Å². The number of rotatable bonds is 7. The molecule has 2 heterocycles. The van der Waals surface area contributed by atoms with E-state index in [2.05, 4.69) is 63.3 Å². The average Bonchev–Trinajstić information content (AvgIpc) is 3.23. The van der Waals surface area contributed by atoms with Crippen molar-refractivity contribution in [3.8, 4) is 0 Å². The van der Waals surface area contributed by atoms with Crippen molar-refractivity contribution < 1.29 is 0 Å². The summed E-state index contributed by atoms with van der Waals surface area (Å²) < 4.78 is 2.20. The molecule has 5 nitrogen and oxygen atoms in total. The highest BCUT2D eigenvalue weighted by Gasteiger charge is 2.08. The molecule has 0 fully saturated rings. The topological polar surface area (TPSA) is 54.2 Å². The Morgan fingerprint density at radius 1 is 1.26 bits per heavy atom. The minimum Gasteiger partial charge on any atom is -0.356 e. The summed E-state index contributed by atoms with van der Waals surface area (Å²) in [5, 5.41) is 6.88. The highest BCUT2D eigenvalue weighted by molar-refractivity contribution is 14.0. The van der Waals surface area contributed by atoms with E-state index in [1.807, 2.05) is 36.8 Å². The lowest BCUT2D eigenvalue weighted by Crippen LogP contribution is -2.43. The zero-order valence-electron chi connectivity index (χ0n) is 16.1. The number of guanidine groups is 1. The lowest BCUT2D eigenvalue weighted by Gasteiger charge is -2.17. The van der Waals surface area contributed by atoms with Crippen molar-refractivity contribution in [1.29, 1.82) is 0 Å². The number of nitrogens with one attached hydrogen (secondary N) is 2. The summed E-state index contributed by atoms with van der Waals surface area (Å²) in [6.45, 7) is 6.15. The van der Waals surface area contributed by atoms with Crippen molar-refractivity contribution in [1.82, 2.24) is 20.2 Å². The normalized spacial score (nSPS) is 12.6. The molecule has 7 heteroatoms. The zero-order valence-corrected chi connectivity index (χ0v) is 19.3. The van der Waals surface area contributed by atoms with Gasteiger partial charge in [0.25, 0.3) is 0 Å². The van der Waals surface area contributed by atoms with E-state index in [-0.39, 0.29) is 24.0 Å². The third-order valence-corrected chi connectivity index (χ3v) is 5.33. The first-order valence-corrected chi connectivity index (χ1v) is 9.89. The molecule has 146 valence electrons. The Morgan fingerprint density at radius 2 is 2.07 bits per heavy atom. The first-order chi connectivity index (χ1) is 12.7. The van der Waals surface area contributed by atoms with Crippen LogP contribution in [0.5, 0.6) is 0 Å². The Morgan fingerprint density at radius 3 is 2.81 bits per heavy atom. The smallest absolute Gasteiger partial charge is 0.191 e. The molecule has 3 rings (SSSR count). The fraction of sp³-hybridized carbons (Fsp3) is 0.400. The van der Waals surface area contributed by atoms with E-state index in [4.69, 9.17) is 0 Å². The Balaban J connectivity index is 0.00000261. The van der Waals surface area contributed by atoms with Gasteiger partial charge in [-0.25, -0.2) is 4.98 Å². The molecule has 0 aliphatic carbocycles. The van der Waals surface area contributed by atoms with Gasteiger partial charge in [0.1, 0.15) is 0 Å². The minimum atomic E-state index is 0. The van der Waals surface area contributed by atoms with Gasteiger partial charge in [0.15, 0.2) is 5.96 Å². The lowest BCUT2D eigenvalue weighted by atomic mass is 10.2. The molecule has 0 bridgehead atoms. The number of benzene rings is 1. The number of fused-ring (bicyclic) bond motifs is 1. The van der Waals surface area contributed by atoms with Crippen LogP contribution in [0.3, 0.4) is 0 Å². The first kappa shape index (κ1) is 21.7. The molecule has 2 aromatic heterocycles. The third kappa shape index (κ3) is 6.21. The Hall–Kier alpha value is -1.61. The van der Waals surface area contributed by atoms with Crippen LogP contribution in [0, 0.1) is 6.92 Å². The number of nitrogens with zero attached hydrogens (tertiary/aromatic N) is 3. The number of aromatic nitrogens is 2. The van der Waals surface area contributed by atoms with E-state index in [9.17, 15) is 0 Å². The number of aliphatic imine (C=N–C) groups is 1. The summed E-state index contributed by atoms with van der Waals surface area (Å²) in [6.07, 6.45) is 3.95. The summed E-state index contributed by atoms with van der Waals surface area (Å²) in [5.74, 6) is 0.862. The van der Waals surface area contributed by atoms with E-state index < -0.39 is 0 Å². The maximum absolute atomic E-state index is 4.44. The number of halogens is 1. The zero-order chi connectivity index (χ0) is 18.4. The monoisotopic (exact) mass is 497 g/mol. The molecule has 3 aromatic rings. The molecule has 0 saturated carbocycles. The van der Waals surface area contributed by atoms with Gasteiger partial charge in [-0.3, -0.25) is 4.99 Å².